The molecule has 0 spiro atoms. The highest BCUT2D eigenvalue weighted by Crippen LogP contribution is 2.22. The SMILES string of the molecule is CC(N)C(=O)N1CCN(S(=O)(=O)c2cccc([N+](=O)[O-])c2)CC1.Cl. The fraction of sp³-hybridized carbons (Fsp3) is 0.462. The summed E-state index contributed by atoms with van der Waals surface area (Å²) < 4.78 is 26.3. The Bertz CT molecular complexity index is 717. The smallest absolute Gasteiger partial charge is 0.270 e. The number of halogens is 1. The molecule has 1 aromatic carbocycles. The van der Waals surface area contributed by atoms with E-state index < -0.39 is 21.0 Å². The number of amides is 1. The number of piperazine rings is 1. The van der Waals surface area contributed by atoms with Crippen LogP contribution in [0.5, 0.6) is 0 Å². The molecule has 0 bridgehead atoms. The van der Waals surface area contributed by atoms with Crippen molar-refractivity contribution in [3.05, 3.63) is 34.4 Å². The average Bonchev–Trinajstić information content (AvgIpc) is 2.54. The van der Waals surface area contributed by atoms with Gasteiger partial charge in [-0.2, -0.15) is 4.31 Å². The molecule has 1 amide bonds. The van der Waals surface area contributed by atoms with Crippen molar-refractivity contribution >= 4 is 34.0 Å². The van der Waals surface area contributed by atoms with Crippen molar-refractivity contribution in [1.29, 1.82) is 0 Å². The van der Waals surface area contributed by atoms with Crippen molar-refractivity contribution in [3.8, 4) is 0 Å². The molecular formula is C13H19ClN4O5S. The van der Waals surface area contributed by atoms with Crippen LogP contribution in [0.1, 0.15) is 6.92 Å². The first-order chi connectivity index (χ1) is 10.7. The Hall–Kier alpha value is -1.75. The maximum atomic E-state index is 12.5. The van der Waals surface area contributed by atoms with E-state index in [-0.39, 0.29) is 55.1 Å². The molecule has 0 aromatic heterocycles. The zero-order valence-electron chi connectivity index (χ0n) is 13.0. The van der Waals surface area contributed by atoms with Crippen molar-refractivity contribution in [2.75, 3.05) is 26.2 Å². The number of non-ortho nitro benzene ring substituents is 1. The fourth-order valence-electron chi connectivity index (χ4n) is 2.34. The lowest BCUT2D eigenvalue weighted by molar-refractivity contribution is -0.385. The Morgan fingerprint density at radius 3 is 2.38 bits per heavy atom. The highest BCUT2D eigenvalue weighted by Gasteiger charge is 2.31. The van der Waals surface area contributed by atoms with Crippen LogP contribution in [-0.4, -0.2) is 60.7 Å². The molecule has 1 unspecified atom stereocenters. The number of carbonyl (C=O) groups is 1. The summed E-state index contributed by atoms with van der Waals surface area (Å²) >= 11 is 0. The molecule has 11 heteroatoms. The summed E-state index contributed by atoms with van der Waals surface area (Å²) in [6.45, 7) is 2.32. The molecule has 0 saturated carbocycles. The van der Waals surface area contributed by atoms with Gasteiger partial charge in [-0.15, -0.1) is 12.4 Å². The van der Waals surface area contributed by atoms with Crippen molar-refractivity contribution in [2.24, 2.45) is 5.73 Å². The summed E-state index contributed by atoms with van der Waals surface area (Å²) in [5, 5.41) is 10.8. The summed E-state index contributed by atoms with van der Waals surface area (Å²) in [7, 11) is -3.83. The third-order valence-corrected chi connectivity index (χ3v) is 5.50. The van der Waals surface area contributed by atoms with Gasteiger partial charge in [0.05, 0.1) is 15.9 Å². The predicted octanol–water partition coefficient (Wildman–Crippen LogP) is 0.197. The number of sulfonamides is 1. The van der Waals surface area contributed by atoms with E-state index in [1.165, 1.54) is 27.4 Å². The number of hydrogen-bond acceptors (Lipinski definition) is 6. The summed E-state index contributed by atoms with van der Waals surface area (Å²) in [5.74, 6) is -0.225. The number of nitro benzene ring substituents is 1. The third kappa shape index (κ3) is 4.20. The van der Waals surface area contributed by atoms with Crippen LogP contribution in [0.4, 0.5) is 5.69 Å². The van der Waals surface area contributed by atoms with Gasteiger partial charge in [-0.1, -0.05) is 6.07 Å². The minimum absolute atomic E-state index is 0. The van der Waals surface area contributed by atoms with Gasteiger partial charge in [0.25, 0.3) is 5.69 Å². The van der Waals surface area contributed by atoms with Crippen LogP contribution in [-0.2, 0) is 14.8 Å². The molecule has 2 N–H and O–H groups in total. The fourth-order valence-corrected chi connectivity index (χ4v) is 3.81. The van der Waals surface area contributed by atoms with Gasteiger partial charge in [-0.05, 0) is 13.0 Å². The van der Waals surface area contributed by atoms with Gasteiger partial charge in [0.15, 0.2) is 0 Å². The lowest BCUT2D eigenvalue weighted by Gasteiger charge is -2.34. The van der Waals surface area contributed by atoms with Crippen LogP contribution < -0.4 is 5.73 Å². The average molecular weight is 379 g/mol. The summed E-state index contributed by atoms with van der Waals surface area (Å²) in [4.78, 5) is 23.3. The Kier molecular flexibility index (Phi) is 6.67. The van der Waals surface area contributed by atoms with Crippen molar-refractivity contribution in [1.82, 2.24) is 9.21 Å². The lowest BCUT2D eigenvalue weighted by atomic mass is 10.2. The zero-order valence-corrected chi connectivity index (χ0v) is 14.6. The molecule has 24 heavy (non-hydrogen) atoms. The minimum atomic E-state index is -3.83. The van der Waals surface area contributed by atoms with Gasteiger partial charge in [0.1, 0.15) is 0 Å². The molecule has 1 aliphatic heterocycles. The van der Waals surface area contributed by atoms with E-state index in [4.69, 9.17) is 5.73 Å². The van der Waals surface area contributed by atoms with E-state index in [0.29, 0.717) is 0 Å². The minimum Gasteiger partial charge on any atom is -0.339 e. The van der Waals surface area contributed by atoms with Gasteiger partial charge < -0.3 is 10.6 Å². The standard InChI is InChI=1S/C13H18N4O5S.ClH/c1-10(14)13(18)15-5-7-16(8-6-15)23(21,22)12-4-2-3-11(9-12)17(19)20;/h2-4,9-10H,5-8,14H2,1H3;1H. The molecule has 134 valence electrons. The number of benzene rings is 1. The number of nitrogens with zero attached hydrogens (tertiary/aromatic N) is 3. The van der Waals surface area contributed by atoms with Crippen LogP contribution in [0, 0.1) is 10.1 Å². The van der Waals surface area contributed by atoms with Crippen LogP contribution in [0.2, 0.25) is 0 Å². The second kappa shape index (κ2) is 7.88. The Labute approximate surface area is 146 Å². The molecule has 9 nitrogen and oxygen atoms in total. The van der Waals surface area contributed by atoms with Gasteiger partial charge in [0.2, 0.25) is 15.9 Å². The molecule has 0 radical (unpaired) electrons. The van der Waals surface area contributed by atoms with E-state index in [0.717, 1.165) is 6.07 Å². The maximum absolute atomic E-state index is 12.5. The number of carbonyl (C=O) groups excluding carboxylic acids is 1. The van der Waals surface area contributed by atoms with Crippen LogP contribution >= 0.6 is 12.4 Å². The van der Waals surface area contributed by atoms with E-state index >= 15 is 0 Å². The highest BCUT2D eigenvalue weighted by molar-refractivity contribution is 7.89. The lowest BCUT2D eigenvalue weighted by Crippen LogP contribution is -2.53. The van der Waals surface area contributed by atoms with Gasteiger partial charge >= 0.3 is 0 Å². The van der Waals surface area contributed by atoms with E-state index in [1.54, 1.807) is 6.92 Å². The largest absolute Gasteiger partial charge is 0.339 e. The number of nitrogens with two attached hydrogens (primary N) is 1. The van der Waals surface area contributed by atoms with Gasteiger partial charge in [-0.3, -0.25) is 14.9 Å². The molecule has 2 rings (SSSR count). The summed E-state index contributed by atoms with van der Waals surface area (Å²) in [6.07, 6.45) is 0. The summed E-state index contributed by atoms with van der Waals surface area (Å²) in [5.41, 5.74) is 5.26. The Morgan fingerprint density at radius 1 is 1.29 bits per heavy atom. The first kappa shape index (κ1) is 20.3. The predicted molar refractivity (Wildman–Crippen MR) is 89.3 cm³/mol. The molecule has 1 saturated heterocycles. The van der Waals surface area contributed by atoms with Crippen LogP contribution in [0.3, 0.4) is 0 Å². The third-order valence-electron chi connectivity index (χ3n) is 3.61. The van der Waals surface area contributed by atoms with E-state index in [1.807, 2.05) is 0 Å². The molecule has 1 atom stereocenters. The first-order valence-corrected chi connectivity index (χ1v) is 8.46. The summed E-state index contributed by atoms with van der Waals surface area (Å²) in [6, 6.07) is 4.30. The topological polar surface area (TPSA) is 127 Å². The normalized spacial score (nSPS) is 17.0. The molecule has 1 heterocycles. The van der Waals surface area contributed by atoms with Crippen LogP contribution in [0.15, 0.2) is 29.2 Å². The van der Waals surface area contributed by atoms with Crippen molar-refractivity contribution in [3.63, 3.8) is 0 Å². The van der Waals surface area contributed by atoms with E-state index in [9.17, 15) is 23.3 Å². The number of nitro groups is 1. The zero-order chi connectivity index (χ0) is 17.2. The molecule has 1 aliphatic rings. The molecular weight excluding hydrogens is 360 g/mol. The van der Waals surface area contributed by atoms with Crippen molar-refractivity contribution < 1.29 is 18.1 Å². The van der Waals surface area contributed by atoms with Crippen LogP contribution in [0.25, 0.3) is 0 Å². The highest BCUT2D eigenvalue weighted by atomic mass is 35.5. The maximum Gasteiger partial charge on any atom is 0.270 e. The quantitative estimate of drug-likeness (QED) is 0.588. The Morgan fingerprint density at radius 2 is 1.88 bits per heavy atom. The Balaban J connectivity index is 0.00000288. The monoisotopic (exact) mass is 378 g/mol. The molecule has 0 aliphatic carbocycles. The second-order valence-electron chi connectivity index (χ2n) is 5.27. The van der Waals surface area contributed by atoms with Gasteiger partial charge in [0, 0.05) is 38.3 Å². The first-order valence-electron chi connectivity index (χ1n) is 7.02. The molecule has 1 aromatic rings. The number of hydrogen-bond donors (Lipinski definition) is 1. The van der Waals surface area contributed by atoms with Gasteiger partial charge in [-0.25, -0.2) is 8.42 Å². The second-order valence-corrected chi connectivity index (χ2v) is 7.21. The van der Waals surface area contributed by atoms with Crippen molar-refractivity contribution in [2.45, 2.75) is 17.9 Å². The molecule has 1 fully saturated rings. The number of rotatable bonds is 4. The van der Waals surface area contributed by atoms with E-state index in [2.05, 4.69) is 0 Å².